The summed E-state index contributed by atoms with van der Waals surface area (Å²) in [6.45, 7) is 5.56. The molecule has 0 saturated carbocycles. The lowest BCUT2D eigenvalue weighted by molar-refractivity contribution is -0.148. The highest BCUT2D eigenvalue weighted by Crippen LogP contribution is 2.17. The number of carbonyl (C=O) groups is 2. The molecule has 0 aromatic heterocycles. The fraction of sp³-hybridized carbons (Fsp3) is 0.300. The zero-order valence-electron chi connectivity index (χ0n) is 14.6. The Balaban J connectivity index is 1.80. The zero-order chi connectivity index (χ0) is 18.4. The molecule has 0 heterocycles. The summed E-state index contributed by atoms with van der Waals surface area (Å²) >= 11 is 5.94. The van der Waals surface area contributed by atoms with Gasteiger partial charge in [-0.25, -0.2) is 0 Å². The number of hydrogen-bond donors (Lipinski definition) is 1. The van der Waals surface area contributed by atoms with Gasteiger partial charge in [-0.2, -0.15) is 0 Å². The predicted molar refractivity (Wildman–Crippen MR) is 98.6 cm³/mol. The number of aryl methyl sites for hydroxylation is 2. The number of benzene rings is 2. The Morgan fingerprint density at radius 2 is 1.88 bits per heavy atom. The van der Waals surface area contributed by atoms with Crippen molar-refractivity contribution in [2.24, 2.45) is 0 Å². The molecule has 0 aliphatic heterocycles. The third kappa shape index (κ3) is 5.91. The van der Waals surface area contributed by atoms with E-state index < -0.39 is 5.97 Å². The van der Waals surface area contributed by atoms with Gasteiger partial charge in [0.05, 0.1) is 12.5 Å². The molecule has 0 aliphatic carbocycles. The lowest BCUT2D eigenvalue weighted by Crippen LogP contribution is -2.31. The first-order valence-corrected chi connectivity index (χ1v) is 8.49. The summed E-state index contributed by atoms with van der Waals surface area (Å²) in [7, 11) is 0. The number of rotatable bonds is 6. The Morgan fingerprint density at radius 3 is 2.56 bits per heavy atom. The highest BCUT2D eigenvalue weighted by atomic mass is 35.5. The summed E-state index contributed by atoms with van der Waals surface area (Å²) in [5.74, 6) is -0.769. The van der Waals surface area contributed by atoms with Gasteiger partial charge in [-0.3, -0.25) is 9.59 Å². The monoisotopic (exact) mass is 359 g/mol. The van der Waals surface area contributed by atoms with Crippen molar-refractivity contribution < 1.29 is 14.3 Å². The van der Waals surface area contributed by atoms with Gasteiger partial charge in [0, 0.05) is 5.02 Å². The molecule has 132 valence electrons. The summed E-state index contributed by atoms with van der Waals surface area (Å²) in [4.78, 5) is 23.8. The fourth-order valence-corrected chi connectivity index (χ4v) is 2.62. The van der Waals surface area contributed by atoms with Crippen LogP contribution in [0.2, 0.25) is 5.02 Å². The smallest absolute Gasteiger partial charge is 0.310 e. The average molecular weight is 360 g/mol. The van der Waals surface area contributed by atoms with Gasteiger partial charge in [0.2, 0.25) is 0 Å². The van der Waals surface area contributed by atoms with Gasteiger partial charge in [0.25, 0.3) is 5.91 Å². The molecule has 0 unspecified atom stereocenters. The normalized spacial score (nSPS) is 11.7. The summed E-state index contributed by atoms with van der Waals surface area (Å²) in [5.41, 5.74) is 4.06. The van der Waals surface area contributed by atoms with E-state index >= 15 is 0 Å². The average Bonchev–Trinajstić information content (AvgIpc) is 2.56. The Hall–Kier alpha value is -2.33. The van der Waals surface area contributed by atoms with Gasteiger partial charge >= 0.3 is 5.97 Å². The van der Waals surface area contributed by atoms with Crippen LogP contribution in [-0.4, -0.2) is 18.5 Å². The SMILES string of the molecule is Cc1ccc(CC(=O)OCC(=O)N[C@@H](C)c2cccc(Cl)c2)cc1C. The van der Waals surface area contributed by atoms with E-state index in [0.717, 1.165) is 16.7 Å². The molecule has 1 N–H and O–H groups in total. The molecule has 2 rings (SSSR count). The second-order valence-electron chi connectivity index (χ2n) is 6.10. The molecule has 0 aliphatic rings. The molecule has 1 atom stereocenters. The van der Waals surface area contributed by atoms with Crippen LogP contribution in [0.5, 0.6) is 0 Å². The highest BCUT2D eigenvalue weighted by molar-refractivity contribution is 6.30. The molecule has 2 aromatic rings. The molecular weight excluding hydrogens is 338 g/mol. The van der Waals surface area contributed by atoms with Crippen LogP contribution in [0.3, 0.4) is 0 Å². The van der Waals surface area contributed by atoms with Gasteiger partial charge in [-0.05, 0) is 55.2 Å². The van der Waals surface area contributed by atoms with Crippen LogP contribution in [0.15, 0.2) is 42.5 Å². The van der Waals surface area contributed by atoms with E-state index in [9.17, 15) is 9.59 Å². The van der Waals surface area contributed by atoms with Crippen LogP contribution in [0.1, 0.15) is 35.2 Å². The largest absolute Gasteiger partial charge is 0.455 e. The van der Waals surface area contributed by atoms with Gasteiger partial charge in [-0.15, -0.1) is 0 Å². The van der Waals surface area contributed by atoms with Crippen molar-refractivity contribution in [3.63, 3.8) is 0 Å². The molecule has 25 heavy (non-hydrogen) atoms. The predicted octanol–water partition coefficient (Wildman–Crippen LogP) is 3.92. The second kappa shape index (κ2) is 8.67. The zero-order valence-corrected chi connectivity index (χ0v) is 15.4. The maximum atomic E-state index is 11.9. The summed E-state index contributed by atoms with van der Waals surface area (Å²) in [5, 5.41) is 3.39. The minimum Gasteiger partial charge on any atom is -0.455 e. The van der Waals surface area contributed by atoms with E-state index in [4.69, 9.17) is 16.3 Å². The van der Waals surface area contributed by atoms with Crippen molar-refractivity contribution in [1.82, 2.24) is 5.32 Å². The van der Waals surface area contributed by atoms with Gasteiger partial charge in [-0.1, -0.05) is 41.9 Å². The van der Waals surface area contributed by atoms with Crippen molar-refractivity contribution in [3.8, 4) is 0 Å². The minimum atomic E-state index is -0.422. The Morgan fingerprint density at radius 1 is 1.12 bits per heavy atom. The van der Waals surface area contributed by atoms with E-state index in [2.05, 4.69) is 5.32 Å². The van der Waals surface area contributed by atoms with Crippen molar-refractivity contribution >= 4 is 23.5 Å². The summed E-state index contributed by atoms with van der Waals surface area (Å²) in [6.07, 6.45) is 0.151. The maximum absolute atomic E-state index is 11.9. The third-order valence-corrected chi connectivity index (χ3v) is 4.25. The lowest BCUT2D eigenvalue weighted by Gasteiger charge is -2.14. The van der Waals surface area contributed by atoms with Crippen LogP contribution < -0.4 is 5.32 Å². The third-order valence-electron chi connectivity index (χ3n) is 4.01. The second-order valence-corrected chi connectivity index (χ2v) is 6.54. The standard InChI is InChI=1S/C20H22ClNO3/c1-13-7-8-16(9-14(13)2)10-20(24)25-12-19(23)22-15(3)17-5-4-6-18(21)11-17/h4-9,11,15H,10,12H2,1-3H3,(H,22,23)/t15-/m0/s1. The molecule has 0 radical (unpaired) electrons. The molecular formula is C20H22ClNO3. The van der Waals surface area contributed by atoms with E-state index in [-0.39, 0.29) is 25.0 Å². The number of hydrogen-bond acceptors (Lipinski definition) is 3. The van der Waals surface area contributed by atoms with E-state index in [0.29, 0.717) is 5.02 Å². The van der Waals surface area contributed by atoms with Crippen LogP contribution in [0.4, 0.5) is 0 Å². The van der Waals surface area contributed by atoms with Crippen LogP contribution in [-0.2, 0) is 20.7 Å². The van der Waals surface area contributed by atoms with Gasteiger partial charge in [0.1, 0.15) is 0 Å². The molecule has 0 fully saturated rings. The number of esters is 1. The van der Waals surface area contributed by atoms with E-state index in [1.807, 2.05) is 51.1 Å². The fourth-order valence-electron chi connectivity index (χ4n) is 2.42. The maximum Gasteiger partial charge on any atom is 0.310 e. The van der Waals surface area contributed by atoms with Gasteiger partial charge in [0.15, 0.2) is 6.61 Å². The first-order chi connectivity index (χ1) is 11.8. The summed E-state index contributed by atoms with van der Waals surface area (Å²) in [6, 6.07) is 12.9. The quantitative estimate of drug-likeness (QED) is 0.795. The van der Waals surface area contributed by atoms with Crippen LogP contribution in [0, 0.1) is 13.8 Å². The first kappa shape index (κ1) is 19.0. The number of carbonyl (C=O) groups excluding carboxylic acids is 2. The van der Waals surface area contributed by atoms with Crippen molar-refractivity contribution in [2.45, 2.75) is 33.2 Å². The molecule has 0 spiro atoms. The van der Waals surface area contributed by atoms with Crippen molar-refractivity contribution in [3.05, 3.63) is 69.7 Å². The Kier molecular flexibility index (Phi) is 6.59. The van der Waals surface area contributed by atoms with E-state index in [1.54, 1.807) is 12.1 Å². The molecule has 4 nitrogen and oxygen atoms in total. The molecule has 2 aromatic carbocycles. The molecule has 0 bridgehead atoms. The number of nitrogens with one attached hydrogen (secondary N) is 1. The Bertz CT molecular complexity index is 773. The molecule has 1 amide bonds. The number of ether oxygens (including phenoxy) is 1. The number of halogens is 1. The minimum absolute atomic E-state index is 0.151. The summed E-state index contributed by atoms with van der Waals surface area (Å²) < 4.78 is 5.06. The molecule has 0 saturated heterocycles. The van der Waals surface area contributed by atoms with Gasteiger partial charge < -0.3 is 10.1 Å². The topological polar surface area (TPSA) is 55.4 Å². The highest BCUT2D eigenvalue weighted by Gasteiger charge is 2.13. The first-order valence-electron chi connectivity index (χ1n) is 8.11. The molecule has 5 heteroatoms. The van der Waals surface area contributed by atoms with E-state index in [1.165, 1.54) is 5.56 Å². The van der Waals surface area contributed by atoms with Crippen molar-refractivity contribution in [1.29, 1.82) is 0 Å². The van der Waals surface area contributed by atoms with Crippen molar-refractivity contribution in [2.75, 3.05) is 6.61 Å². The number of amides is 1. The Labute approximate surface area is 153 Å². The lowest BCUT2D eigenvalue weighted by atomic mass is 10.0. The van der Waals surface area contributed by atoms with Crippen LogP contribution in [0.25, 0.3) is 0 Å². The van der Waals surface area contributed by atoms with Crippen LogP contribution >= 0.6 is 11.6 Å².